The topological polar surface area (TPSA) is 59.4 Å². The zero-order valence-corrected chi connectivity index (χ0v) is 13.9. The van der Waals surface area contributed by atoms with Crippen LogP contribution in [-0.4, -0.2) is 52.4 Å². The Morgan fingerprint density at radius 1 is 1.30 bits per heavy atom. The number of benzene rings is 1. The van der Waals surface area contributed by atoms with Crippen molar-refractivity contribution < 1.29 is 9.53 Å². The Labute approximate surface area is 139 Å². The molecule has 1 fully saturated rings. The molecule has 0 aliphatic carbocycles. The van der Waals surface area contributed by atoms with Crippen LogP contribution in [0.5, 0.6) is 5.75 Å². The molecule has 0 radical (unpaired) electrons. The Kier molecular flexibility index (Phi) is 5.07. The van der Waals surface area contributed by atoms with Crippen LogP contribution in [0.15, 0.2) is 36.5 Å². The lowest BCUT2D eigenvalue weighted by Gasteiger charge is -2.26. The van der Waals surface area contributed by atoms with Gasteiger partial charge in [0.25, 0.3) is 0 Å². The summed E-state index contributed by atoms with van der Waals surface area (Å²) in [4.78, 5) is 14.2. The molecule has 2 heterocycles. The summed E-state index contributed by atoms with van der Waals surface area (Å²) in [5.74, 6) is 3.49. The molecule has 1 aromatic carbocycles. The van der Waals surface area contributed by atoms with Crippen molar-refractivity contribution in [1.29, 1.82) is 0 Å². The van der Waals surface area contributed by atoms with Crippen LogP contribution in [0.25, 0.3) is 0 Å². The first-order valence-electron chi connectivity index (χ1n) is 7.55. The number of nitrogens with zero attached hydrogens (tertiary/aromatic N) is 3. The second-order valence-electron chi connectivity index (χ2n) is 5.22. The monoisotopic (exact) mass is 332 g/mol. The van der Waals surface area contributed by atoms with Crippen LogP contribution in [-0.2, 0) is 6.54 Å². The molecule has 1 aliphatic heterocycles. The SMILES string of the molecule is COc1ccccc1Cn1nccc1NC(=O)N1CCSCC1. The van der Waals surface area contributed by atoms with Gasteiger partial charge in [-0.05, 0) is 6.07 Å². The van der Waals surface area contributed by atoms with E-state index in [4.69, 9.17) is 4.74 Å². The molecule has 7 heteroatoms. The molecule has 0 bridgehead atoms. The number of urea groups is 1. The Bertz CT molecular complexity index is 668. The van der Waals surface area contributed by atoms with Crippen molar-refractivity contribution in [2.45, 2.75) is 6.54 Å². The molecule has 1 N–H and O–H groups in total. The Morgan fingerprint density at radius 2 is 2.09 bits per heavy atom. The van der Waals surface area contributed by atoms with E-state index in [1.54, 1.807) is 18.0 Å². The smallest absolute Gasteiger partial charge is 0.323 e. The van der Waals surface area contributed by atoms with Crippen molar-refractivity contribution in [3.05, 3.63) is 42.1 Å². The van der Waals surface area contributed by atoms with Crippen molar-refractivity contribution in [3.63, 3.8) is 0 Å². The van der Waals surface area contributed by atoms with E-state index in [2.05, 4.69) is 10.4 Å². The van der Waals surface area contributed by atoms with E-state index in [-0.39, 0.29) is 6.03 Å². The predicted molar refractivity (Wildman–Crippen MR) is 92.2 cm³/mol. The summed E-state index contributed by atoms with van der Waals surface area (Å²) in [6.45, 7) is 2.12. The van der Waals surface area contributed by atoms with Gasteiger partial charge in [-0.15, -0.1) is 0 Å². The third kappa shape index (κ3) is 3.79. The van der Waals surface area contributed by atoms with Gasteiger partial charge in [-0.25, -0.2) is 9.48 Å². The number of ether oxygens (including phenoxy) is 1. The first kappa shape index (κ1) is 15.7. The fraction of sp³-hybridized carbons (Fsp3) is 0.375. The van der Waals surface area contributed by atoms with Crippen molar-refractivity contribution in [2.75, 3.05) is 37.0 Å². The standard InChI is InChI=1S/C16H20N4O2S/c1-22-14-5-3-2-4-13(14)12-20-15(6-7-17-20)18-16(21)19-8-10-23-11-9-19/h2-7H,8-12H2,1H3,(H,18,21). The van der Waals surface area contributed by atoms with E-state index < -0.39 is 0 Å². The number of amides is 2. The fourth-order valence-electron chi connectivity index (χ4n) is 2.51. The molecular formula is C16H20N4O2S. The van der Waals surface area contributed by atoms with Gasteiger partial charge in [0.15, 0.2) is 0 Å². The third-order valence-corrected chi connectivity index (χ3v) is 4.70. The zero-order chi connectivity index (χ0) is 16.1. The molecule has 0 spiro atoms. The van der Waals surface area contributed by atoms with Crippen LogP contribution in [0, 0.1) is 0 Å². The molecular weight excluding hydrogens is 312 g/mol. The number of carbonyl (C=O) groups is 1. The summed E-state index contributed by atoms with van der Waals surface area (Å²) in [7, 11) is 1.65. The maximum atomic E-state index is 12.3. The highest BCUT2D eigenvalue weighted by molar-refractivity contribution is 7.99. The fourth-order valence-corrected chi connectivity index (χ4v) is 3.42. The van der Waals surface area contributed by atoms with Crippen molar-refractivity contribution >= 4 is 23.6 Å². The van der Waals surface area contributed by atoms with Gasteiger partial charge in [0, 0.05) is 36.2 Å². The summed E-state index contributed by atoms with van der Waals surface area (Å²) in [5, 5.41) is 7.26. The highest BCUT2D eigenvalue weighted by Crippen LogP contribution is 2.20. The van der Waals surface area contributed by atoms with Crippen LogP contribution in [0.1, 0.15) is 5.56 Å². The van der Waals surface area contributed by atoms with E-state index >= 15 is 0 Å². The highest BCUT2D eigenvalue weighted by Gasteiger charge is 2.18. The number of hydrogen-bond acceptors (Lipinski definition) is 4. The second kappa shape index (κ2) is 7.41. The maximum absolute atomic E-state index is 12.3. The molecule has 2 amide bonds. The van der Waals surface area contributed by atoms with E-state index in [9.17, 15) is 4.79 Å². The van der Waals surface area contributed by atoms with Gasteiger partial charge in [-0.1, -0.05) is 18.2 Å². The Balaban J connectivity index is 1.70. The van der Waals surface area contributed by atoms with Gasteiger partial charge in [-0.2, -0.15) is 16.9 Å². The van der Waals surface area contributed by atoms with Gasteiger partial charge in [0.1, 0.15) is 11.6 Å². The van der Waals surface area contributed by atoms with Gasteiger partial charge in [0.05, 0.1) is 19.9 Å². The highest BCUT2D eigenvalue weighted by atomic mass is 32.2. The molecule has 3 rings (SSSR count). The number of rotatable bonds is 4. The minimum atomic E-state index is -0.0629. The van der Waals surface area contributed by atoms with Crippen molar-refractivity contribution in [1.82, 2.24) is 14.7 Å². The normalized spacial score (nSPS) is 14.6. The lowest BCUT2D eigenvalue weighted by Crippen LogP contribution is -2.41. The molecule has 2 aromatic rings. The van der Waals surface area contributed by atoms with Gasteiger partial charge in [0.2, 0.25) is 0 Å². The van der Waals surface area contributed by atoms with Crippen LogP contribution < -0.4 is 10.1 Å². The van der Waals surface area contributed by atoms with Crippen molar-refractivity contribution in [2.24, 2.45) is 0 Å². The minimum Gasteiger partial charge on any atom is -0.496 e. The first-order valence-corrected chi connectivity index (χ1v) is 8.71. The van der Waals surface area contributed by atoms with Crippen molar-refractivity contribution in [3.8, 4) is 5.75 Å². The van der Waals surface area contributed by atoms with E-state index in [0.717, 1.165) is 35.9 Å². The van der Waals surface area contributed by atoms with Crippen LogP contribution in [0.3, 0.4) is 0 Å². The van der Waals surface area contributed by atoms with Gasteiger partial charge < -0.3 is 9.64 Å². The average Bonchev–Trinajstić information content (AvgIpc) is 3.03. The number of carbonyl (C=O) groups excluding carboxylic acids is 1. The second-order valence-corrected chi connectivity index (χ2v) is 6.44. The first-order chi connectivity index (χ1) is 11.3. The number of methoxy groups -OCH3 is 1. The lowest BCUT2D eigenvalue weighted by molar-refractivity contribution is 0.216. The van der Waals surface area contributed by atoms with Gasteiger partial charge in [-0.3, -0.25) is 5.32 Å². The maximum Gasteiger partial charge on any atom is 0.323 e. The van der Waals surface area contributed by atoms with E-state index in [1.807, 2.05) is 47.0 Å². The number of anilines is 1. The predicted octanol–water partition coefficient (Wildman–Crippen LogP) is 2.52. The minimum absolute atomic E-state index is 0.0629. The summed E-state index contributed by atoms with van der Waals surface area (Å²) in [5.41, 5.74) is 1.02. The molecule has 1 saturated heterocycles. The molecule has 23 heavy (non-hydrogen) atoms. The lowest BCUT2D eigenvalue weighted by atomic mass is 10.2. The van der Waals surface area contributed by atoms with E-state index in [0.29, 0.717) is 12.4 Å². The van der Waals surface area contributed by atoms with Gasteiger partial charge >= 0.3 is 6.03 Å². The molecule has 1 aromatic heterocycles. The molecule has 0 unspecified atom stereocenters. The largest absolute Gasteiger partial charge is 0.496 e. The molecule has 1 aliphatic rings. The molecule has 6 nitrogen and oxygen atoms in total. The number of para-hydroxylation sites is 1. The Morgan fingerprint density at radius 3 is 2.87 bits per heavy atom. The zero-order valence-electron chi connectivity index (χ0n) is 13.1. The van der Waals surface area contributed by atoms with Crippen LogP contribution in [0.4, 0.5) is 10.6 Å². The number of hydrogen-bond donors (Lipinski definition) is 1. The number of thioether (sulfide) groups is 1. The quantitative estimate of drug-likeness (QED) is 0.935. The molecule has 122 valence electrons. The van der Waals surface area contributed by atoms with Crippen LogP contribution in [0.2, 0.25) is 0 Å². The summed E-state index contributed by atoms with van der Waals surface area (Å²) in [6.07, 6.45) is 1.69. The number of aromatic nitrogens is 2. The molecule has 0 saturated carbocycles. The average molecular weight is 332 g/mol. The summed E-state index contributed by atoms with van der Waals surface area (Å²) in [6, 6.07) is 9.56. The third-order valence-electron chi connectivity index (χ3n) is 3.76. The Hall–Kier alpha value is -2.15. The molecule has 0 atom stereocenters. The number of nitrogens with one attached hydrogen (secondary N) is 1. The van der Waals surface area contributed by atoms with E-state index in [1.165, 1.54) is 0 Å². The van der Waals surface area contributed by atoms with Crippen LogP contribution >= 0.6 is 11.8 Å². The summed E-state index contributed by atoms with van der Waals surface area (Å²) >= 11 is 1.88. The summed E-state index contributed by atoms with van der Waals surface area (Å²) < 4.78 is 7.14.